The summed E-state index contributed by atoms with van der Waals surface area (Å²) in [4.78, 5) is 2.53. The van der Waals surface area contributed by atoms with Crippen molar-refractivity contribution < 1.29 is 0 Å². The van der Waals surface area contributed by atoms with Crippen molar-refractivity contribution in [1.29, 1.82) is 0 Å². The second kappa shape index (κ2) is 4.10. The summed E-state index contributed by atoms with van der Waals surface area (Å²) in [6, 6.07) is 0.878. The molecule has 1 fully saturated rings. The molecule has 0 aliphatic carbocycles. The monoisotopic (exact) mass is 155 g/mol. The Morgan fingerprint density at radius 3 is 2.82 bits per heavy atom. The highest BCUT2D eigenvalue weighted by Gasteiger charge is 2.21. The maximum Gasteiger partial charge on any atom is 0.00946 e. The van der Waals surface area contributed by atoms with Gasteiger partial charge in [-0.1, -0.05) is 20.3 Å². The van der Waals surface area contributed by atoms with E-state index in [2.05, 4.69) is 25.8 Å². The van der Waals surface area contributed by atoms with Gasteiger partial charge in [0, 0.05) is 6.04 Å². The summed E-state index contributed by atoms with van der Waals surface area (Å²) in [7, 11) is 2.27. The number of rotatable bonds is 2. The minimum Gasteiger partial charge on any atom is -0.303 e. The Morgan fingerprint density at radius 1 is 1.45 bits per heavy atom. The summed E-state index contributed by atoms with van der Waals surface area (Å²) in [5, 5.41) is 0. The fraction of sp³-hybridized carbons (Fsp3) is 1.00. The van der Waals surface area contributed by atoms with Gasteiger partial charge in [0.25, 0.3) is 0 Å². The number of likely N-dealkylation sites (tertiary alicyclic amines) is 1. The molecule has 0 N–H and O–H groups in total. The van der Waals surface area contributed by atoms with E-state index >= 15 is 0 Å². The third-order valence-electron chi connectivity index (χ3n) is 2.89. The van der Waals surface area contributed by atoms with Crippen LogP contribution in [0.25, 0.3) is 0 Å². The van der Waals surface area contributed by atoms with Crippen LogP contribution in [0.3, 0.4) is 0 Å². The van der Waals surface area contributed by atoms with E-state index < -0.39 is 0 Å². The quantitative estimate of drug-likeness (QED) is 0.592. The molecular formula is C10H21N. The minimum absolute atomic E-state index is 0.878. The van der Waals surface area contributed by atoms with E-state index in [1.165, 1.54) is 32.2 Å². The number of piperidine rings is 1. The lowest BCUT2D eigenvalue weighted by molar-refractivity contribution is 0.140. The molecule has 0 aromatic heterocycles. The van der Waals surface area contributed by atoms with Gasteiger partial charge in [-0.25, -0.2) is 0 Å². The molecule has 1 rings (SSSR count). The van der Waals surface area contributed by atoms with E-state index in [9.17, 15) is 0 Å². The van der Waals surface area contributed by atoms with Crippen molar-refractivity contribution in [2.24, 2.45) is 5.92 Å². The first-order chi connectivity index (χ1) is 5.24. The molecule has 0 saturated carbocycles. The second-order valence-electron chi connectivity index (χ2n) is 4.05. The van der Waals surface area contributed by atoms with Gasteiger partial charge in [-0.2, -0.15) is 0 Å². The summed E-state index contributed by atoms with van der Waals surface area (Å²) >= 11 is 0. The summed E-state index contributed by atoms with van der Waals surface area (Å²) in [5.41, 5.74) is 0. The van der Waals surface area contributed by atoms with E-state index in [0.29, 0.717) is 0 Å². The van der Waals surface area contributed by atoms with Crippen LogP contribution in [-0.4, -0.2) is 24.5 Å². The van der Waals surface area contributed by atoms with Crippen molar-refractivity contribution in [1.82, 2.24) is 4.90 Å². The second-order valence-corrected chi connectivity index (χ2v) is 4.05. The smallest absolute Gasteiger partial charge is 0.00946 e. The average Bonchev–Trinajstić information content (AvgIpc) is 1.98. The van der Waals surface area contributed by atoms with E-state index in [1.807, 2.05) is 0 Å². The summed E-state index contributed by atoms with van der Waals surface area (Å²) in [6.07, 6.45) is 5.55. The molecule has 1 saturated heterocycles. The molecule has 1 heterocycles. The van der Waals surface area contributed by atoms with Crippen LogP contribution < -0.4 is 0 Å². The first-order valence-electron chi connectivity index (χ1n) is 4.94. The van der Waals surface area contributed by atoms with Crippen molar-refractivity contribution in [3.05, 3.63) is 0 Å². The average molecular weight is 155 g/mol. The van der Waals surface area contributed by atoms with Gasteiger partial charge in [-0.3, -0.25) is 0 Å². The van der Waals surface area contributed by atoms with Crippen LogP contribution in [0.2, 0.25) is 0 Å². The summed E-state index contributed by atoms with van der Waals surface area (Å²) in [6.45, 7) is 5.98. The Hall–Kier alpha value is -0.0400. The van der Waals surface area contributed by atoms with Gasteiger partial charge in [-0.15, -0.1) is 0 Å². The van der Waals surface area contributed by atoms with Gasteiger partial charge in [-0.05, 0) is 38.8 Å². The van der Waals surface area contributed by atoms with E-state index in [0.717, 1.165) is 12.0 Å². The third-order valence-corrected chi connectivity index (χ3v) is 2.89. The largest absolute Gasteiger partial charge is 0.303 e. The highest BCUT2D eigenvalue weighted by Crippen LogP contribution is 2.23. The first-order valence-corrected chi connectivity index (χ1v) is 4.94. The topological polar surface area (TPSA) is 3.24 Å². The van der Waals surface area contributed by atoms with E-state index in [4.69, 9.17) is 0 Å². The Balaban J connectivity index is 2.34. The molecular weight excluding hydrogens is 134 g/mol. The molecule has 0 spiro atoms. The molecule has 0 bridgehead atoms. The Bertz CT molecular complexity index is 111. The standard InChI is InChI=1S/C10H21N/c1-4-5-10-8-9(2)6-7-11(10)3/h9-10H,4-8H2,1-3H3. The van der Waals surface area contributed by atoms with Gasteiger partial charge >= 0.3 is 0 Å². The van der Waals surface area contributed by atoms with Crippen LogP contribution in [0.1, 0.15) is 39.5 Å². The highest BCUT2D eigenvalue weighted by molar-refractivity contribution is 4.77. The molecule has 0 aromatic carbocycles. The molecule has 0 aromatic rings. The van der Waals surface area contributed by atoms with Gasteiger partial charge in [0.2, 0.25) is 0 Å². The zero-order valence-electron chi connectivity index (χ0n) is 8.14. The SMILES string of the molecule is CCCC1CC(C)CCN1C. The van der Waals surface area contributed by atoms with Gasteiger partial charge in [0.05, 0.1) is 0 Å². The van der Waals surface area contributed by atoms with E-state index in [-0.39, 0.29) is 0 Å². The molecule has 0 radical (unpaired) electrons. The maximum absolute atomic E-state index is 2.53. The molecule has 1 aliphatic rings. The lowest BCUT2D eigenvalue weighted by Crippen LogP contribution is -2.38. The van der Waals surface area contributed by atoms with Crippen LogP contribution >= 0.6 is 0 Å². The normalized spacial score (nSPS) is 34.1. The van der Waals surface area contributed by atoms with Gasteiger partial charge in [0.1, 0.15) is 0 Å². The van der Waals surface area contributed by atoms with Crippen LogP contribution in [0.15, 0.2) is 0 Å². The molecule has 1 heteroatoms. The van der Waals surface area contributed by atoms with Gasteiger partial charge < -0.3 is 4.90 Å². The van der Waals surface area contributed by atoms with Crippen molar-refractivity contribution in [3.63, 3.8) is 0 Å². The Labute approximate surface area is 70.8 Å². The van der Waals surface area contributed by atoms with Crippen LogP contribution in [0.4, 0.5) is 0 Å². The maximum atomic E-state index is 2.53. The molecule has 1 nitrogen and oxygen atoms in total. The number of nitrogens with zero attached hydrogens (tertiary/aromatic N) is 1. The highest BCUT2D eigenvalue weighted by atomic mass is 15.1. The van der Waals surface area contributed by atoms with E-state index in [1.54, 1.807) is 0 Å². The lowest BCUT2D eigenvalue weighted by atomic mass is 9.91. The Kier molecular flexibility index (Phi) is 3.38. The Morgan fingerprint density at radius 2 is 2.18 bits per heavy atom. The molecule has 2 atom stereocenters. The zero-order valence-corrected chi connectivity index (χ0v) is 8.14. The van der Waals surface area contributed by atoms with Crippen molar-refractivity contribution in [2.45, 2.75) is 45.6 Å². The lowest BCUT2D eigenvalue weighted by Gasteiger charge is -2.35. The molecule has 0 amide bonds. The minimum atomic E-state index is 0.878. The molecule has 11 heavy (non-hydrogen) atoms. The van der Waals surface area contributed by atoms with Crippen molar-refractivity contribution in [3.8, 4) is 0 Å². The summed E-state index contributed by atoms with van der Waals surface area (Å²) < 4.78 is 0. The first kappa shape index (κ1) is 9.05. The summed E-state index contributed by atoms with van der Waals surface area (Å²) in [5.74, 6) is 0.961. The number of hydrogen-bond acceptors (Lipinski definition) is 1. The molecule has 2 unspecified atom stereocenters. The van der Waals surface area contributed by atoms with Crippen LogP contribution in [0.5, 0.6) is 0 Å². The van der Waals surface area contributed by atoms with Crippen LogP contribution in [0, 0.1) is 5.92 Å². The fourth-order valence-electron chi connectivity index (χ4n) is 2.04. The van der Waals surface area contributed by atoms with Crippen molar-refractivity contribution >= 4 is 0 Å². The number of hydrogen-bond donors (Lipinski definition) is 0. The fourth-order valence-corrected chi connectivity index (χ4v) is 2.04. The third kappa shape index (κ3) is 2.48. The van der Waals surface area contributed by atoms with Gasteiger partial charge in [0.15, 0.2) is 0 Å². The van der Waals surface area contributed by atoms with Crippen LogP contribution in [-0.2, 0) is 0 Å². The molecule has 66 valence electrons. The predicted molar refractivity (Wildman–Crippen MR) is 49.7 cm³/mol. The molecule has 1 aliphatic heterocycles. The zero-order chi connectivity index (χ0) is 8.27. The van der Waals surface area contributed by atoms with Crippen molar-refractivity contribution in [2.75, 3.05) is 13.6 Å². The predicted octanol–water partition coefficient (Wildman–Crippen LogP) is 2.52.